The van der Waals surface area contributed by atoms with Crippen molar-refractivity contribution in [2.75, 3.05) is 6.61 Å². The summed E-state index contributed by atoms with van der Waals surface area (Å²) in [7, 11) is 0. The predicted molar refractivity (Wildman–Crippen MR) is 63.4 cm³/mol. The van der Waals surface area contributed by atoms with Crippen molar-refractivity contribution < 1.29 is 9.53 Å². The standard InChI is InChI=1S/C11H15ClN2O2/c1-7(13)8-2-3-10(9(12)6-8)16-5-4-11(14)15/h2-3,6-7H,4-5,13H2,1H3,(H2,14,15)/t7-/m0/s1. The van der Waals surface area contributed by atoms with Crippen molar-refractivity contribution in [3.05, 3.63) is 28.8 Å². The van der Waals surface area contributed by atoms with Crippen LogP contribution in [0.25, 0.3) is 0 Å². The van der Waals surface area contributed by atoms with Gasteiger partial charge in [0.1, 0.15) is 5.75 Å². The van der Waals surface area contributed by atoms with E-state index < -0.39 is 5.91 Å². The SMILES string of the molecule is C[C@H](N)c1ccc(OCCC(N)=O)c(Cl)c1. The average Bonchev–Trinajstić information content (AvgIpc) is 2.19. The molecule has 1 rings (SSSR count). The Labute approximate surface area is 99.5 Å². The number of carbonyl (C=O) groups is 1. The quantitative estimate of drug-likeness (QED) is 0.824. The van der Waals surface area contributed by atoms with Crippen molar-refractivity contribution in [3.63, 3.8) is 0 Å². The summed E-state index contributed by atoms with van der Waals surface area (Å²) in [6, 6.07) is 5.27. The minimum Gasteiger partial charge on any atom is -0.491 e. The molecule has 4 N–H and O–H groups in total. The summed E-state index contributed by atoms with van der Waals surface area (Å²) in [6.07, 6.45) is 0.172. The Kier molecular flexibility index (Phi) is 4.58. The molecule has 0 saturated heterocycles. The second-order valence-electron chi connectivity index (χ2n) is 3.54. The minimum absolute atomic E-state index is 0.0721. The molecule has 0 aliphatic rings. The first-order valence-corrected chi connectivity index (χ1v) is 5.34. The molecule has 16 heavy (non-hydrogen) atoms. The summed E-state index contributed by atoms with van der Waals surface area (Å²) in [4.78, 5) is 10.5. The van der Waals surface area contributed by atoms with Crippen molar-refractivity contribution in [1.82, 2.24) is 0 Å². The molecular weight excluding hydrogens is 228 g/mol. The maximum absolute atomic E-state index is 10.5. The highest BCUT2D eigenvalue weighted by molar-refractivity contribution is 6.32. The van der Waals surface area contributed by atoms with E-state index in [1.165, 1.54) is 0 Å². The van der Waals surface area contributed by atoms with Crippen LogP contribution < -0.4 is 16.2 Å². The number of halogens is 1. The first-order valence-electron chi connectivity index (χ1n) is 4.97. The summed E-state index contributed by atoms with van der Waals surface area (Å²) in [6.45, 7) is 2.10. The van der Waals surface area contributed by atoms with E-state index in [-0.39, 0.29) is 19.1 Å². The smallest absolute Gasteiger partial charge is 0.220 e. The summed E-state index contributed by atoms with van der Waals surface area (Å²) in [5, 5.41) is 0.485. The van der Waals surface area contributed by atoms with E-state index in [9.17, 15) is 4.79 Å². The van der Waals surface area contributed by atoms with E-state index in [4.69, 9.17) is 27.8 Å². The Bertz CT molecular complexity index is 380. The number of hydrogen-bond donors (Lipinski definition) is 2. The van der Waals surface area contributed by atoms with Gasteiger partial charge in [0.25, 0.3) is 0 Å². The van der Waals surface area contributed by atoms with Crippen LogP contribution in [-0.4, -0.2) is 12.5 Å². The van der Waals surface area contributed by atoms with Crippen molar-refractivity contribution in [3.8, 4) is 5.75 Å². The maximum atomic E-state index is 10.5. The van der Waals surface area contributed by atoms with Gasteiger partial charge in [0, 0.05) is 6.04 Å². The molecule has 0 saturated carbocycles. The number of hydrogen-bond acceptors (Lipinski definition) is 3. The van der Waals surface area contributed by atoms with Crippen LogP contribution in [0.3, 0.4) is 0 Å². The average molecular weight is 243 g/mol. The van der Waals surface area contributed by atoms with Gasteiger partial charge >= 0.3 is 0 Å². The molecule has 0 aliphatic carbocycles. The number of primary amides is 1. The zero-order valence-corrected chi connectivity index (χ0v) is 9.83. The van der Waals surface area contributed by atoms with Crippen molar-refractivity contribution >= 4 is 17.5 Å². The highest BCUT2D eigenvalue weighted by Gasteiger charge is 2.06. The summed E-state index contributed by atoms with van der Waals surface area (Å²) < 4.78 is 5.31. The Hall–Kier alpha value is -1.26. The Morgan fingerprint density at radius 1 is 1.56 bits per heavy atom. The van der Waals surface area contributed by atoms with E-state index >= 15 is 0 Å². The monoisotopic (exact) mass is 242 g/mol. The Morgan fingerprint density at radius 3 is 2.75 bits per heavy atom. The van der Waals surface area contributed by atoms with Gasteiger partial charge in [-0.1, -0.05) is 17.7 Å². The number of carbonyl (C=O) groups excluding carboxylic acids is 1. The van der Waals surface area contributed by atoms with Gasteiger partial charge in [0.05, 0.1) is 18.1 Å². The molecule has 0 heterocycles. The van der Waals surface area contributed by atoms with Gasteiger partial charge in [0.15, 0.2) is 0 Å². The molecule has 4 nitrogen and oxygen atoms in total. The lowest BCUT2D eigenvalue weighted by atomic mass is 10.1. The molecule has 0 radical (unpaired) electrons. The zero-order valence-electron chi connectivity index (χ0n) is 9.07. The predicted octanol–water partition coefficient (Wildman–Crippen LogP) is 1.61. The first-order chi connectivity index (χ1) is 7.50. The highest BCUT2D eigenvalue weighted by Crippen LogP contribution is 2.27. The zero-order chi connectivity index (χ0) is 12.1. The van der Waals surface area contributed by atoms with Gasteiger partial charge in [-0.25, -0.2) is 0 Å². The lowest BCUT2D eigenvalue weighted by molar-refractivity contribution is -0.118. The highest BCUT2D eigenvalue weighted by atomic mass is 35.5. The fourth-order valence-electron chi connectivity index (χ4n) is 1.18. The second kappa shape index (κ2) is 5.72. The van der Waals surface area contributed by atoms with E-state index in [0.717, 1.165) is 5.56 Å². The van der Waals surface area contributed by atoms with Gasteiger partial charge in [-0.2, -0.15) is 0 Å². The van der Waals surface area contributed by atoms with Gasteiger partial charge < -0.3 is 16.2 Å². The molecule has 0 unspecified atom stereocenters. The normalized spacial score (nSPS) is 12.2. The summed E-state index contributed by atoms with van der Waals surface area (Å²) >= 11 is 5.99. The third kappa shape index (κ3) is 3.72. The molecule has 5 heteroatoms. The van der Waals surface area contributed by atoms with Gasteiger partial charge in [0.2, 0.25) is 5.91 Å². The summed E-state index contributed by atoms with van der Waals surface area (Å²) in [5.41, 5.74) is 11.6. The molecule has 0 aliphatic heterocycles. The van der Waals surface area contributed by atoms with Crippen LogP contribution >= 0.6 is 11.6 Å². The molecule has 0 fully saturated rings. The number of amides is 1. The van der Waals surface area contributed by atoms with Crippen LogP contribution in [0.5, 0.6) is 5.75 Å². The molecule has 1 atom stereocenters. The van der Waals surface area contributed by atoms with E-state index in [2.05, 4.69) is 0 Å². The van der Waals surface area contributed by atoms with Gasteiger partial charge in [-0.15, -0.1) is 0 Å². The minimum atomic E-state index is -0.400. The molecule has 88 valence electrons. The second-order valence-corrected chi connectivity index (χ2v) is 3.95. The van der Waals surface area contributed by atoms with Crippen molar-refractivity contribution in [2.45, 2.75) is 19.4 Å². The van der Waals surface area contributed by atoms with Crippen molar-refractivity contribution in [1.29, 1.82) is 0 Å². The van der Waals surface area contributed by atoms with E-state index in [1.807, 2.05) is 13.0 Å². The van der Waals surface area contributed by atoms with Crippen LogP contribution in [0.4, 0.5) is 0 Å². The van der Waals surface area contributed by atoms with Crippen molar-refractivity contribution in [2.24, 2.45) is 11.5 Å². The van der Waals surface area contributed by atoms with Crippen LogP contribution in [0.1, 0.15) is 24.9 Å². The van der Waals surface area contributed by atoms with E-state index in [0.29, 0.717) is 10.8 Å². The lowest BCUT2D eigenvalue weighted by Crippen LogP contribution is -2.14. The molecule has 0 spiro atoms. The number of rotatable bonds is 5. The number of benzene rings is 1. The molecule has 1 aromatic rings. The van der Waals surface area contributed by atoms with Crippen LogP contribution in [0.2, 0.25) is 5.02 Å². The number of ether oxygens (including phenoxy) is 1. The molecule has 0 bridgehead atoms. The molecule has 0 aromatic heterocycles. The molecular formula is C11H15ClN2O2. The van der Waals surface area contributed by atoms with Crippen LogP contribution in [-0.2, 0) is 4.79 Å². The maximum Gasteiger partial charge on any atom is 0.220 e. The summed E-state index contributed by atoms with van der Waals surface area (Å²) in [5.74, 6) is 0.135. The topological polar surface area (TPSA) is 78.3 Å². The molecule has 1 aromatic carbocycles. The third-order valence-corrected chi connectivity index (χ3v) is 2.38. The Balaban J connectivity index is 2.64. The molecule has 1 amide bonds. The number of nitrogens with two attached hydrogens (primary N) is 2. The van der Waals surface area contributed by atoms with E-state index in [1.54, 1.807) is 12.1 Å². The third-order valence-electron chi connectivity index (χ3n) is 2.09. The largest absolute Gasteiger partial charge is 0.491 e. The van der Waals surface area contributed by atoms with Crippen LogP contribution in [0.15, 0.2) is 18.2 Å². The lowest BCUT2D eigenvalue weighted by Gasteiger charge is -2.10. The van der Waals surface area contributed by atoms with Gasteiger partial charge in [-0.05, 0) is 24.6 Å². The van der Waals surface area contributed by atoms with Gasteiger partial charge in [-0.3, -0.25) is 4.79 Å². The Morgan fingerprint density at radius 2 is 2.25 bits per heavy atom. The fraction of sp³-hybridized carbons (Fsp3) is 0.364. The van der Waals surface area contributed by atoms with Crippen LogP contribution in [0, 0.1) is 0 Å². The fourth-order valence-corrected chi connectivity index (χ4v) is 1.42. The first kappa shape index (κ1) is 12.8.